The molecule has 1 amide bonds. The van der Waals surface area contributed by atoms with Crippen molar-refractivity contribution in [3.8, 4) is 0 Å². The highest BCUT2D eigenvalue weighted by Crippen LogP contribution is 2.19. The number of halogens is 2. The minimum Gasteiger partial charge on any atom is -0.386 e. The average Bonchev–Trinajstić information content (AvgIpc) is 2.81. The predicted octanol–water partition coefficient (Wildman–Crippen LogP) is 1.73. The number of benzene rings is 1. The smallest absolute Gasteiger partial charge is 0.307 e. The number of aromatic nitrogens is 1. The van der Waals surface area contributed by atoms with E-state index in [-0.39, 0.29) is 17.0 Å². The van der Waals surface area contributed by atoms with E-state index in [2.05, 4.69) is 5.32 Å². The first-order valence-corrected chi connectivity index (χ1v) is 7.75. The molecule has 0 radical (unpaired) electrons. The normalized spacial score (nSPS) is 13.6. The number of aliphatic hydroxyl groups is 1. The number of aliphatic hydroxyl groups excluding tert-OH is 1. The summed E-state index contributed by atoms with van der Waals surface area (Å²) in [5.74, 6) is -2.53. The van der Waals surface area contributed by atoms with Crippen LogP contribution >= 0.6 is 11.3 Å². The first-order chi connectivity index (χ1) is 10.8. The van der Waals surface area contributed by atoms with Crippen molar-refractivity contribution < 1.29 is 18.7 Å². The molecule has 0 spiro atoms. The van der Waals surface area contributed by atoms with E-state index in [1.54, 1.807) is 12.3 Å². The number of aryl methyl sites for hydroxylation is 1. The summed E-state index contributed by atoms with van der Waals surface area (Å²) in [6.07, 6.45) is -1.20. The van der Waals surface area contributed by atoms with Crippen molar-refractivity contribution in [3.63, 3.8) is 0 Å². The van der Waals surface area contributed by atoms with Gasteiger partial charge in [-0.1, -0.05) is 17.4 Å². The van der Waals surface area contributed by atoms with E-state index in [1.165, 1.54) is 17.6 Å². The van der Waals surface area contributed by atoms with Gasteiger partial charge >= 0.3 is 4.87 Å². The number of nitrogens with zero attached hydrogens (tertiary/aromatic N) is 1. The van der Waals surface area contributed by atoms with Crippen LogP contribution in [0.2, 0.25) is 0 Å². The fourth-order valence-corrected chi connectivity index (χ4v) is 2.84. The molecule has 23 heavy (non-hydrogen) atoms. The summed E-state index contributed by atoms with van der Waals surface area (Å²) in [6, 6.07) is 2.31. The maximum absolute atomic E-state index is 13.2. The molecule has 8 heteroatoms. The Hall–Kier alpha value is -2.06. The lowest BCUT2D eigenvalue weighted by atomic mass is 10.0. The molecular formula is C15H16F2N2O3S. The highest BCUT2D eigenvalue weighted by atomic mass is 32.1. The molecule has 124 valence electrons. The molecule has 2 atom stereocenters. The second-order valence-corrected chi connectivity index (χ2v) is 6.02. The lowest BCUT2D eigenvalue weighted by Crippen LogP contribution is -2.40. The Kier molecular flexibility index (Phi) is 5.27. The third-order valence-electron chi connectivity index (χ3n) is 3.43. The van der Waals surface area contributed by atoms with Gasteiger partial charge in [0, 0.05) is 11.1 Å². The van der Waals surface area contributed by atoms with Crippen LogP contribution in [0.15, 0.2) is 28.4 Å². The molecule has 2 N–H and O–H groups in total. The van der Waals surface area contributed by atoms with Crippen LogP contribution in [0, 0.1) is 18.6 Å². The molecule has 2 unspecified atom stereocenters. The molecule has 0 saturated carbocycles. The van der Waals surface area contributed by atoms with Crippen molar-refractivity contribution in [2.75, 3.05) is 0 Å². The third-order valence-corrected chi connectivity index (χ3v) is 4.31. The topological polar surface area (TPSA) is 71.3 Å². The summed E-state index contributed by atoms with van der Waals surface area (Å²) in [4.78, 5) is 23.3. The molecule has 2 aromatic rings. The molecule has 0 bridgehead atoms. The van der Waals surface area contributed by atoms with Gasteiger partial charge in [0.2, 0.25) is 5.91 Å². The molecule has 0 aliphatic heterocycles. The van der Waals surface area contributed by atoms with Crippen molar-refractivity contribution in [2.45, 2.75) is 32.5 Å². The standard InChI is InChI=1S/C15H16F2N2O3S/c1-8-7-23-15(22)19(8)6-13(20)18-9(2)14(21)10-3-4-11(16)12(17)5-10/h3-5,7,9,14,21H,6H2,1-2H3,(H,18,20). The quantitative estimate of drug-likeness (QED) is 0.869. The van der Waals surface area contributed by atoms with E-state index in [0.717, 1.165) is 23.5 Å². The zero-order chi connectivity index (χ0) is 17.1. The summed E-state index contributed by atoms with van der Waals surface area (Å²) in [5.41, 5.74) is 0.824. The molecule has 0 aliphatic rings. The number of carbonyl (C=O) groups is 1. The van der Waals surface area contributed by atoms with Crippen molar-refractivity contribution in [1.29, 1.82) is 0 Å². The van der Waals surface area contributed by atoms with Gasteiger partial charge in [0.05, 0.1) is 12.1 Å². The van der Waals surface area contributed by atoms with Crippen LogP contribution in [0.1, 0.15) is 24.3 Å². The van der Waals surface area contributed by atoms with E-state index in [9.17, 15) is 23.5 Å². The minimum absolute atomic E-state index is 0.153. The van der Waals surface area contributed by atoms with Gasteiger partial charge in [0.15, 0.2) is 11.6 Å². The van der Waals surface area contributed by atoms with E-state index >= 15 is 0 Å². The summed E-state index contributed by atoms with van der Waals surface area (Å²) in [6.45, 7) is 3.08. The molecule has 0 saturated heterocycles. The van der Waals surface area contributed by atoms with Crippen LogP contribution in [0.4, 0.5) is 8.78 Å². The summed E-state index contributed by atoms with van der Waals surface area (Å²) in [5, 5.41) is 14.3. The Morgan fingerprint density at radius 3 is 2.65 bits per heavy atom. The van der Waals surface area contributed by atoms with Crippen LogP contribution in [0.3, 0.4) is 0 Å². The van der Waals surface area contributed by atoms with Gasteiger partial charge in [0.1, 0.15) is 6.54 Å². The first kappa shape index (κ1) is 17.3. The zero-order valence-electron chi connectivity index (χ0n) is 12.5. The number of rotatable bonds is 5. The predicted molar refractivity (Wildman–Crippen MR) is 82.2 cm³/mol. The van der Waals surface area contributed by atoms with Gasteiger partial charge in [-0.05, 0) is 31.5 Å². The Labute approximate surface area is 135 Å². The fourth-order valence-electron chi connectivity index (χ4n) is 2.10. The molecule has 1 aromatic carbocycles. The molecular weight excluding hydrogens is 326 g/mol. The molecule has 5 nitrogen and oxygen atoms in total. The zero-order valence-corrected chi connectivity index (χ0v) is 13.4. The molecule has 0 aliphatic carbocycles. The lowest BCUT2D eigenvalue weighted by Gasteiger charge is -2.21. The van der Waals surface area contributed by atoms with Gasteiger partial charge < -0.3 is 10.4 Å². The number of amides is 1. The first-order valence-electron chi connectivity index (χ1n) is 6.87. The average molecular weight is 342 g/mol. The van der Waals surface area contributed by atoms with Crippen molar-refractivity contribution in [1.82, 2.24) is 9.88 Å². The SMILES string of the molecule is Cc1csc(=O)n1CC(=O)NC(C)C(O)c1ccc(F)c(F)c1. The minimum atomic E-state index is -1.20. The number of hydrogen-bond donors (Lipinski definition) is 2. The van der Waals surface area contributed by atoms with Crippen LogP contribution in [-0.4, -0.2) is 21.6 Å². The lowest BCUT2D eigenvalue weighted by molar-refractivity contribution is -0.123. The van der Waals surface area contributed by atoms with Crippen molar-refractivity contribution in [3.05, 3.63) is 56.1 Å². The highest BCUT2D eigenvalue weighted by molar-refractivity contribution is 7.07. The van der Waals surface area contributed by atoms with Gasteiger partial charge in [-0.25, -0.2) is 8.78 Å². The maximum atomic E-state index is 13.2. The Balaban J connectivity index is 2.03. The largest absolute Gasteiger partial charge is 0.386 e. The van der Waals surface area contributed by atoms with Crippen LogP contribution in [0.25, 0.3) is 0 Å². The van der Waals surface area contributed by atoms with Gasteiger partial charge in [-0.3, -0.25) is 14.2 Å². The summed E-state index contributed by atoms with van der Waals surface area (Å²) >= 11 is 0.999. The second kappa shape index (κ2) is 7.01. The third kappa shape index (κ3) is 4.02. The Morgan fingerprint density at radius 2 is 2.09 bits per heavy atom. The fraction of sp³-hybridized carbons (Fsp3) is 0.333. The number of thiazole rings is 1. The molecule has 1 heterocycles. The molecule has 1 aromatic heterocycles. The van der Waals surface area contributed by atoms with E-state index in [1.807, 2.05) is 0 Å². The van der Waals surface area contributed by atoms with E-state index in [0.29, 0.717) is 5.69 Å². The second-order valence-electron chi connectivity index (χ2n) is 5.20. The number of hydrogen-bond acceptors (Lipinski definition) is 4. The van der Waals surface area contributed by atoms with Crippen LogP contribution in [0.5, 0.6) is 0 Å². The van der Waals surface area contributed by atoms with E-state index in [4.69, 9.17) is 0 Å². The van der Waals surface area contributed by atoms with Crippen molar-refractivity contribution in [2.24, 2.45) is 0 Å². The highest BCUT2D eigenvalue weighted by Gasteiger charge is 2.20. The van der Waals surface area contributed by atoms with Gasteiger partial charge in [-0.2, -0.15) is 0 Å². The van der Waals surface area contributed by atoms with Gasteiger partial charge in [0.25, 0.3) is 0 Å². The number of nitrogens with one attached hydrogen (secondary N) is 1. The Bertz CT molecular complexity index is 772. The van der Waals surface area contributed by atoms with Crippen LogP contribution < -0.4 is 10.2 Å². The van der Waals surface area contributed by atoms with Crippen LogP contribution in [-0.2, 0) is 11.3 Å². The Morgan fingerprint density at radius 1 is 1.39 bits per heavy atom. The van der Waals surface area contributed by atoms with Gasteiger partial charge in [-0.15, -0.1) is 0 Å². The molecule has 2 rings (SSSR count). The monoisotopic (exact) mass is 342 g/mol. The maximum Gasteiger partial charge on any atom is 0.307 e. The van der Waals surface area contributed by atoms with Crippen molar-refractivity contribution >= 4 is 17.2 Å². The van der Waals surface area contributed by atoms with E-state index < -0.39 is 29.7 Å². The number of carbonyl (C=O) groups excluding carboxylic acids is 1. The summed E-state index contributed by atoms with van der Waals surface area (Å²) < 4.78 is 27.4. The summed E-state index contributed by atoms with van der Waals surface area (Å²) in [7, 11) is 0. The molecule has 0 fully saturated rings.